The zero-order valence-corrected chi connectivity index (χ0v) is 18.5. The zero-order valence-electron chi connectivity index (χ0n) is 18.5. The van der Waals surface area contributed by atoms with Crippen molar-refractivity contribution in [2.75, 3.05) is 18.0 Å². The number of amides is 1. The monoisotopic (exact) mass is 411 g/mol. The van der Waals surface area contributed by atoms with Gasteiger partial charge >= 0.3 is 0 Å². The Morgan fingerprint density at radius 2 is 1.97 bits per heavy atom. The number of oxazole rings is 1. The number of hydrogen-bond acceptors (Lipinski definition) is 4. The van der Waals surface area contributed by atoms with Crippen LogP contribution in [0.15, 0.2) is 39.9 Å². The SMILES string of the molecule is CCNC(=NCc1ccc(N2CCCCC2=O)cc1)NCc1ncc(C(C)(C)C)o1. The second-order valence-corrected chi connectivity index (χ2v) is 8.59. The maximum absolute atomic E-state index is 12.1. The fraction of sp³-hybridized carbons (Fsp3) is 0.522. The van der Waals surface area contributed by atoms with E-state index < -0.39 is 0 Å². The first-order chi connectivity index (χ1) is 14.4. The van der Waals surface area contributed by atoms with Crippen molar-refractivity contribution in [3.05, 3.63) is 47.7 Å². The Balaban J connectivity index is 1.58. The van der Waals surface area contributed by atoms with Crippen LogP contribution in [0.4, 0.5) is 5.69 Å². The molecule has 0 unspecified atom stereocenters. The van der Waals surface area contributed by atoms with Crippen molar-refractivity contribution in [1.82, 2.24) is 15.6 Å². The Labute approximate surface area is 179 Å². The van der Waals surface area contributed by atoms with Crippen molar-refractivity contribution in [2.45, 2.75) is 65.5 Å². The predicted octanol–water partition coefficient (Wildman–Crippen LogP) is 3.74. The summed E-state index contributed by atoms with van der Waals surface area (Å²) in [7, 11) is 0. The summed E-state index contributed by atoms with van der Waals surface area (Å²) in [4.78, 5) is 23.0. The molecule has 1 aromatic heterocycles. The summed E-state index contributed by atoms with van der Waals surface area (Å²) in [6.45, 7) is 10.9. The lowest BCUT2D eigenvalue weighted by atomic mass is 9.94. The van der Waals surface area contributed by atoms with Crippen LogP contribution in [0.3, 0.4) is 0 Å². The van der Waals surface area contributed by atoms with Crippen LogP contribution in [-0.2, 0) is 23.3 Å². The molecule has 1 aliphatic rings. The summed E-state index contributed by atoms with van der Waals surface area (Å²) in [5, 5.41) is 6.52. The van der Waals surface area contributed by atoms with Crippen LogP contribution in [0.1, 0.15) is 64.2 Å². The summed E-state index contributed by atoms with van der Waals surface area (Å²) in [6.07, 6.45) is 4.49. The number of anilines is 1. The number of aliphatic imine (C=N–C) groups is 1. The van der Waals surface area contributed by atoms with Crippen molar-refractivity contribution >= 4 is 17.6 Å². The minimum absolute atomic E-state index is 0.0607. The number of nitrogens with zero attached hydrogens (tertiary/aromatic N) is 3. The van der Waals surface area contributed by atoms with Gasteiger partial charge in [0.05, 0.1) is 19.3 Å². The highest BCUT2D eigenvalue weighted by Crippen LogP contribution is 2.23. The first kappa shape index (κ1) is 21.9. The summed E-state index contributed by atoms with van der Waals surface area (Å²) in [6, 6.07) is 8.09. The van der Waals surface area contributed by atoms with Gasteiger partial charge in [0.25, 0.3) is 0 Å². The van der Waals surface area contributed by atoms with Crippen LogP contribution in [-0.4, -0.2) is 29.9 Å². The van der Waals surface area contributed by atoms with Gasteiger partial charge < -0.3 is 20.0 Å². The highest BCUT2D eigenvalue weighted by Gasteiger charge is 2.20. The van der Waals surface area contributed by atoms with Gasteiger partial charge in [-0.25, -0.2) is 9.98 Å². The van der Waals surface area contributed by atoms with E-state index in [-0.39, 0.29) is 11.3 Å². The van der Waals surface area contributed by atoms with Gasteiger partial charge in [-0.05, 0) is 37.5 Å². The minimum atomic E-state index is -0.0607. The van der Waals surface area contributed by atoms with Crippen LogP contribution >= 0.6 is 0 Å². The van der Waals surface area contributed by atoms with E-state index in [1.807, 2.05) is 36.1 Å². The normalized spacial score (nSPS) is 15.4. The van der Waals surface area contributed by atoms with Crippen molar-refractivity contribution < 1.29 is 9.21 Å². The van der Waals surface area contributed by atoms with Crippen molar-refractivity contribution in [3.63, 3.8) is 0 Å². The number of nitrogens with one attached hydrogen (secondary N) is 2. The maximum atomic E-state index is 12.1. The van der Waals surface area contributed by atoms with E-state index >= 15 is 0 Å². The van der Waals surface area contributed by atoms with Gasteiger partial charge in [0.1, 0.15) is 5.76 Å². The number of carbonyl (C=O) groups is 1. The van der Waals surface area contributed by atoms with Crippen LogP contribution < -0.4 is 15.5 Å². The highest BCUT2D eigenvalue weighted by molar-refractivity contribution is 5.93. The first-order valence-electron chi connectivity index (χ1n) is 10.7. The standard InChI is InChI=1S/C23H33N5O2/c1-5-24-22(27-16-20-25-15-19(30-20)23(2,3)4)26-14-17-9-11-18(12-10-17)28-13-7-6-8-21(28)29/h9-12,15H,5-8,13-14,16H2,1-4H3,(H2,24,26,27). The average Bonchev–Trinajstić information content (AvgIpc) is 3.21. The molecule has 1 amide bonds. The fourth-order valence-corrected chi connectivity index (χ4v) is 3.27. The van der Waals surface area contributed by atoms with E-state index in [0.717, 1.165) is 42.9 Å². The van der Waals surface area contributed by atoms with Crippen molar-refractivity contribution in [1.29, 1.82) is 0 Å². The lowest BCUT2D eigenvalue weighted by Gasteiger charge is -2.26. The van der Waals surface area contributed by atoms with Gasteiger partial charge in [0.2, 0.25) is 11.8 Å². The Morgan fingerprint density at radius 3 is 2.60 bits per heavy atom. The van der Waals surface area contributed by atoms with Gasteiger partial charge in [-0.1, -0.05) is 32.9 Å². The third kappa shape index (κ3) is 5.84. The molecule has 1 fully saturated rings. The molecule has 0 atom stereocenters. The number of piperidine rings is 1. The highest BCUT2D eigenvalue weighted by atomic mass is 16.4. The van der Waals surface area contributed by atoms with Gasteiger partial charge in [-0.3, -0.25) is 4.79 Å². The third-order valence-corrected chi connectivity index (χ3v) is 5.04. The van der Waals surface area contributed by atoms with Crippen LogP contribution in [0.5, 0.6) is 0 Å². The molecule has 0 aliphatic carbocycles. The van der Waals surface area contributed by atoms with E-state index in [4.69, 9.17) is 4.42 Å². The number of rotatable bonds is 6. The first-order valence-corrected chi connectivity index (χ1v) is 10.7. The molecule has 0 bridgehead atoms. The third-order valence-electron chi connectivity index (χ3n) is 5.04. The fourth-order valence-electron chi connectivity index (χ4n) is 3.27. The quantitative estimate of drug-likeness (QED) is 0.559. The van der Waals surface area contributed by atoms with Crippen LogP contribution in [0.2, 0.25) is 0 Å². The molecule has 2 heterocycles. The molecule has 1 saturated heterocycles. The van der Waals surface area contributed by atoms with Gasteiger partial charge in [-0.2, -0.15) is 0 Å². The maximum Gasteiger partial charge on any atom is 0.226 e. The van der Waals surface area contributed by atoms with E-state index in [1.54, 1.807) is 6.20 Å². The van der Waals surface area contributed by atoms with E-state index in [1.165, 1.54) is 0 Å². The predicted molar refractivity (Wildman–Crippen MR) is 120 cm³/mol. The Bertz CT molecular complexity index is 864. The lowest BCUT2D eigenvalue weighted by molar-refractivity contribution is -0.119. The number of guanidine groups is 1. The molecule has 0 radical (unpaired) electrons. The number of carbonyl (C=O) groups excluding carboxylic acids is 1. The molecule has 30 heavy (non-hydrogen) atoms. The number of hydrogen-bond donors (Lipinski definition) is 2. The molecule has 7 heteroatoms. The van der Waals surface area contributed by atoms with E-state index in [2.05, 4.69) is 41.4 Å². The molecule has 2 aromatic rings. The topological polar surface area (TPSA) is 82.8 Å². The number of benzene rings is 1. The molecule has 3 rings (SSSR count). The largest absolute Gasteiger partial charge is 0.443 e. The summed E-state index contributed by atoms with van der Waals surface area (Å²) in [5.41, 5.74) is 2.00. The van der Waals surface area contributed by atoms with Crippen molar-refractivity contribution in [2.24, 2.45) is 4.99 Å². The van der Waals surface area contributed by atoms with Gasteiger partial charge in [0.15, 0.2) is 5.96 Å². The Kier molecular flexibility index (Phi) is 7.13. The minimum Gasteiger partial charge on any atom is -0.443 e. The summed E-state index contributed by atoms with van der Waals surface area (Å²) >= 11 is 0. The smallest absolute Gasteiger partial charge is 0.226 e. The second kappa shape index (κ2) is 9.78. The van der Waals surface area contributed by atoms with Gasteiger partial charge in [-0.15, -0.1) is 0 Å². The van der Waals surface area contributed by atoms with Gasteiger partial charge in [0, 0.05) is 30.6 Å². The summed E-state index contributed by atoms with van der Waals surface area (Å²) < 4.78 is 5.83. The molecule has 0 saturated carbocycles. The second-order valence-electron chi connectivity index (χ2n) is 8.59. The average molecular weight is 412 g/mol. The molecule has 1 aromatic carbocycles. The molecule has 0 spiro atoms. The van der Waals surface area contributed by atoms with Crippen LogP contribution in [0, 0.1) is 0 Å². The molecule has 1 aliphatic heterocycles. The molecule has 2 N–H and O–H groups in total. The summed E-state index contributed by atoms with van der Waals surface area (Å²) in [5.74, 6) is 2.43. The number of aromatic nitrogens is 1. The van der Waals surface area contributed by atoms with E-state index in [9.17, 15) is 4.79 Å². The van der Waals surface area contributed by atoms with Crippen molar-refractivity contribution in [3.8, 4) is 0 Å². The van der Waals surface area contributed by atoms with Crippen LogP contribution in [0.25, 0.3) is 0 Å². The lowest BCUT2D eigenvalue weighted by Crippen LogP contribution is -2.36. The van der Waals surface area contributed by atoms with E-state index in [0.29, 0.717) is 31.4 Å². The molecular weight excluding hydrogens is 378 g/mol. The molecule has 7 nitrogen and oxygen atoms in total. The molecule has 162 valence electrons. The zero-order chi connectivity index (χ0) is 21.6. The Morgan fingerprint density at radius 1 is 1.20 bits per heavy atom. The Hall–Kier alpha value is -2.83. The molecular formula is C23H33N5O2.